The summed E-state index contributed by atoms with van der Waals surface area (Å²) in [4.78, 5) is 59.4. The van der Waals surface area contributed by atoms with Gasteiger partial charge in [-0.15, -0.1) is 0 Å². The molecule has 42 heavy (non-hydrogen) atoms. The number of carboxylic acid groups (broad SMARTS) is 2. The van der Waals surface area contributed by atoms with Crippen LogP contribution in [0.5, 0.6) is 17.2 Å². The van der Waals surface area contributed by atoms with E-state index in [1.165, 1.54) is 18.2 Å². The van der Waals surface area contributed by atoms with E-state index in [0.717, 1.165) is 12.1 Å². The molecule has 15 heteroatoms. The fraction of sp³-hybridized carbons (Fsp3) is 0.296. The van der Waals surface area contributed by atoms with Gasteiger partial charge in [0.15, 0.2) is 17.3 Å². The van der Waals surface area contributed by atoms with Gasteiger partial charge in [0.05, 0.1) is 5.39 Å². The van der Waals surface area contributed by atoms with Crippen molar-refractivity contribution in [2.45, 2.75) is 51.4 Å². The Morgan fingerprint density at radius 1 is 0.762 bits per heavy atom. The van der Waals surface area contributed by atoms with E-state index in [4.69, 9.17) is 24.1 Å². The van der Waals surface area contributed by atoms with E-state index in [1.807, 2.05) is 0 Å². The van der Waals surface area contributed by atoms with Crippen molar-refractivity contribution >= 4 is 45.2 Å². The number of hydrogen-bond donors (Lipinski definition) is 3. The second-order valence-corrected chi connectivity index (χ2v) is 9.93. The van der Waals surface area contributed by atoms with E-state index in [1.54, 1.807) is 12.1 Å². The minimum Gasteiger partial charge on any atom is -0.481 e. The highest BCUT2D eigenvalue weighted by Crippen LogP contribution is 2.38. The van der Waals surface area contributed by atoms with Gasteiger partial charge in [-0.2, -0.15) is 8.42 Å². The van der Waals surface area contributed by atoms with Gasteiger partial charge in [-0.1, -0.05) is 12.1 Å². The molecule has 0 amide bonds. The molecule has 14 nitrogen and oxygen atoms in total. The number of benzene rings is 2. The van der Waals surface area contributed by atoms with Gasteiger partial charge in [0.2, 0.25) is 11.2 Å². The van der Waals surface area contributed by atoms with Gasteiger partial charge < -0.3 is 28.3 Å². The largest absolute Gasteiger partial charge is 0.481 e. The molecule has 2 aromatic carbocycles. The molecule has 0 radical (unpaired) electrons. The van der Waals surface area contributed by atoms with Crippen LogP contribution in [0.1, 0.15) is 51.4 Å². The number of aliphatic carboxylic acids is 2. The fourth-order valence-electron chi connectivity index (χ4n) is 3.75. The Kier molecular flexibility index (Phi) is 10.8. The van der Waals surface area contributed by atoms with Gasteiger partial charge in [-0.3, -0.25) is 28.5 Å². The Morgan fingerprint density at radius 2 is 1.33 bits per heavy atom. The number of carboxylic acids is 2. The SMILES string of the molecule is O=C(O)CCCCC(=O)Oc1ccc(-c2oc3ccccc3c(=O)c2OC(=O)CCCCC(=O)O)cc1OS(=O)(=O)O. The molecule has 0 saturated carbocycles. The maximum absolute atomic E-state index is 13.3. The molecule has 3 N–H and O–H groups in total. The molecular weight excluding hydrogens is 580 g/mol. The normalized spacial score (nSPS) is 11.2. The Bertz CT molecular complexity index is 1660. The number of para-hydroxylation sites is 1. The molecule has 3 rings (SSSR count). The van der Waals surface area contributed by atoms with Crippen LogP contribution in [0.25, 0.3) is 22.3 Å². The lowest BCUT2D eigenvalue weighted by Crippen LogP contribution is -2.16. The van der Waals surface area contributed by atoms with Crippen molar-refractivity contribution in [3.05, 3.63) is 52.7 Å². The third-order valence-electron chi connectivity index (χ3n) is 5.64. The molecule has 0 bridgehead atoms. The van der Waals surface area contributed by atoms with Crippen LogP contribution in [0.2, 0.25) is 0 Å². The van der Waals surface area contributed by atoms with Crippen molar-refractivity contribution in [3.63, 3.8) is 0 Å². The van der Waals surface area contributed by atoms with Gasteiger partial charge in [-0.25, -0.2) is 0 Å². The number of ether oxygens (including phenoxy) is 2. The van der Waals surface area contributed by atoms with Crippen molar-refractivity contribution < 1.29 is 60.4 Å². The van der Waals surface area contributed by atoms with Crippen LogP contribution >= 0.6 is 0 Å². The molecule has 0 atom stereocenters. The lowest BCUT2D eigenvalue weighted by Gasteiger charge is -2.13. The molecule has 0 saturated heterocycles. The number of fused-ring (bicyclic) bond motifs is 1. The molecule has 1 aromatic heterocycles. The number of hydrogen-bond acceptors (Lipinski definition) is 11. The van der Waals surface area contributed by atoms with E-state index in [0.29, 0.717) is 0 Å². The highest BCUT2D eigenvalue weighted by molar-refractivity contribution is 7.81. The first-order chi connectivity index (χ1) is 19.8. The Hall–Kier alpha value is -4.76. The summed E-state index contributed by atoms with van der Waals surface area (Å²) in [5.74, 6) is -5.73. The highest BCUT2D eigenvalue weighted by Gasteiger charge is 2.24. The minimum absolute atomic E-state index is 0.0635. The first kappa shape index (κ1) is 31.8. The first-order valence-corrected chi connectivity index (χ1v) is 13.9. The predicted octanol–water partition coefficient (Wildman–Crippen LogP) is 3.74. The summed E-state index contributed by atoms with van der Waals surface area (Å²) in [5.41, 5.74) is -0.709. The summed E-state index contributed by atoms with van der Waals surface area (Å²) in [7, 11) is -5.13. The van der Waals surface area contributed by atoms with Crippen molar-refractivity contribution in [2.75, 3.05) is 0 Å². The van der Waals surface area contributed by atoms with E-state index in [9.17, 15) is 36.9 Å². The number of esters is 2. The Morgan fingerprint density at radius 3 is 1.93 bits per heavy atom. The molecule has 0 aliphatic heterocycles. The van der Waals surface area contributed by atoms with Crippen LogP contribution in [-0.2, 0) is 29.6 Å². The average Bonchev–Trinajstić information content (AvgIpc) is 2.90. The maximum atomic E-state index is 13.3. The molecule has 0 unspecified atom stereocenters. The summed E-state index contributed by atoms with van der Waals surface area (Å²) in [6.45, 7) is 0. The molecule has 0 spiro atoms. The van der Waals surface area contributed by atoms with E-state index in [2.05, 4.69) is 4.18 Å². The van der Waals surface area contributed by atoms with Crippen molar-refractivity contribution in [1.29, 1.82) is 0 Å². The topological polar surface area (TPSA) is 221 Å². The van der Waals surface area contributed by atoms with Gasteiger partial charge in [0, 0.05) is 31.2 Å². The van der Waals surface area contributed by atoms with Crippen LogP contribution in [0.4, 0.5) is 0 Å². The summed E-state index contributed by atoms with van der Waals surface area (Å²) in [5, 5.41) is 17.5. The fourth-order valence-corrected chi connectivity index (χ4v) is 4.11. The molecule has 0 aliphatic rings. The third-order valence-corrected chi connectivity index (χ3v) is 6.03. The minimum atomic E-state index is -5.13. The Balaban J connectivity index is 1.98. The second-order valence-electron chi connectivity index (χ2n) is 8.91. The van der Waals surface area contributed by atoms with Gasteiger partial charge in [0.1, 0.15) is 5.58 Å². The van der Waals surface area contributed by atoms with Crippen LogP contribution in [-0.4, -0.2) is 47.1 Å². The second kappa shape index (κ2) is 14.2. The molecule has 1 heterocycles. The summed E-state index contributed by atoms with van der Waals surface area (Å²) >= 11 is 0. The maximum Gasteiger partial charge on any atom is 0.446 e. The van der Waals surface area contributed by atoms with Gasteiger partial charge in [-0.05, 0) is 56.0 Å². The summed E-state index contributed by atoms with van der Waals surface area (Å²) < 4.78 is 53.2. The lowest BCUT2D eigenvalue weighted by atomic mass is 10.1. The predicted molar refractivity (Wildman–Crippen MR) is 144 cm³/mol. The smallest absolute Gasteiger partial charge is 0.446 e. The zero-order valence-corrected chi connectivity index (χ0v) is 22.8. The van der Waals surface area contributed by atoms with Crippen LogP contribution in [0, 0.1) is 0 Å². The van der Waals surface area contributed by atoms with Crippen LogP contribution in [0.3, 0.4) is 0 Å². The number of carbonyl (C=O) groups excluding carboxylic acids is 2. The molecule has 0 fully saturated rings. The van der Waals surface area contributed by atoms with E-state index >= 15 is 0 Å². The molecule has 3 aromatic rings. The van der Waals surface area contributed by atoms with Crippen molar-refractivity contribution in [3.8, 4) is 28.6 Å². The quantitative estimate of drug-likeness (QED) is 0.0971. The standard InChI is InChI=1S/C27H26O14S/c28-21(29)9-3-5-11-23(32)38-19-14-13-16(15-20(19)41-42(35,36)37)26-27(40-24(33)12-6-4-10-22(30)31)25(34)17-7-1-2-8-18(17)39-26/h1-2,7-8,13-15H,3-6,9-12H2,(H,28,29)(H,30,31)(H,35,36,37). The zero-order chi connectivity index (χ0) is 30.9. The van der Waals surface area contributed by atoms with E-state index < -0.39 is 57.0 Å². The molecule has 224 valence electrons. The van der Waals surface area contributed by atoms with Crippen molar-refractivity contribution in [1.82, 2.24) is 0 Å². The number of rotatable bonds is 15. The lowest BCUT2D eigenvalue weighted by molar-refractivity contribution is -0.138. The monoisotopic (exact) mass is 606 g/mol. The zero-order valence-electron chi connectivity index (χ0n) is 21.9. The van der Waals surface area contributed by atoms with Crippen molar-refractivity contribution in [2.24, 2.45) is 0 Å². The Labute approximate surface area is 238 Å². The highest BCUT2D eigenvalue weighted by atomic mass is 32.3. The van der Waals surface area contributed by atoms with Crippen LogP contribution in [0.15, 0.2) is 51.7 Å². The molecular formula is C27H26O14S. The van der Waals surface area contributed by atoms with Gasteiger partial charge in [0.25, 0.3) is 0 Å². The summed E-state index contributed by atoms with van der Waals surface area (Å²) in [6.07, 6.45) is -0.00572. The third kappa shape index (κ3) is 9.42. The summed E-state index contributed by atoms with van der Waals surface area (Å²) in [6, 6.07) is 9.35. The molecule has 0 aliphatic carbocycles. The number of unbranched alkanes of at least 4 members (excludes halogenated alkanes) is 2. The average molecular weight is 607 g/mol. The van der Waals surface area contributed by atoms with Gasteiger partial charge >= 0.3 is 34.3 Å². The van der Waals surface area contributed by atoms with Crippen LogP contribution < -0.4 is 19.1 Å². The van der Waals surface area contributed by atoms with E-state index in [-0.39, 0.29) is 73.7 Å². The number of carbonyl (C=O) groups is 4. The first-order valence-electron chi connectivity index (χ1n) is 12.6.